The Morgan fingerprint density at radius 2 is 2.00 bits per heavy atom. The number of piperidine rings is 1. The second-order valence-corrected chi connectivity index (χ2v) is 7.64. The molecular formula is C21H23N5O4. The number of rotatable bonds is 4. The number of amides is 2. The van der Waals surface area contributed by atoms with Gasteiger partial charge in [0.2, 0.25) is 5.91 Å². The topological polar surface area (TPSA) is 131 Å². The Balaban J connectivity index is 1.45. The van der Waals surface area contributed by atoms with Crippen molar-refractivity contribution in [1.82, 2.24) is 25.4 Å². The summed E-state index contributed by atoms with van der Waals surface area (Å²) in [5.74, 6) is -0.629. The lowest BCUT2D eigenvalue weighted by Gasteiger charge is -2.35. The number of β-amino-alcohol motifs (C(OH)–C–C–N with tert-alkyl or cyclic N) is 1. The molecule has 0 saturated carbocycles. The number of aliphatic hydroxyl groups excluding tert-OH is 1. The van der Waals surface area contributed by atoms with Crippen LogP contribution < -0.4 is 10.9 Å². The number of aryl methyl sites for hydroxylation is 1. The Bertz CT molecular complexity index is 1150. The molecule has 4 rings (SSSR count). The predicted octanol–water partition coefficient (Wildman–Crippen LogP) is 0.494. The summed E-state index contributed by atoms with van der Waals surface area (Å²) in [5.41, 5.74) is 0.947. The van der Waals surface area contributed by atoms with Crippen molar-refractivity contribution in [3.05, 3.63) is 63.8 Å². The van der Waals surface area contributed by atoms with Gasteiger partial charge in [0.05, 0.1) is 12.5 Å². The van der Waals surface area contributed by atoms with Crippen molar-refractivity contribution in [2.24, 2.45) is 0 Å². The number of nitrogens with one attached hydrogen (secondary N) is 3. The molecule has 1 aliphatic heterocycles. The number of H-pyrrole nitrogens is 2. The van der Waals surface area contributed by atoms with Crippen molar-refractivity contribution >= 4 is 22.6 Å². The molecule has 1 aliphatic rings. The van der Waals surface area contributed by atoms with Gasteiger partial charge >= 0.3 is 0 Å². The smallest absolute Gasteiger partial charge is 0.272 e. The fourth-order valence-electron chi connectivity index (χ4n) is 3.83. The number of fused-ring (bicyclic) bond motifs is 1. The van der Waals surface area contributed by atoms with Crippen LogP contribution in [0.2, 0.25) is 0 Å². The van der Waals surface area contributed by atoms with Gasteiger partial charge in [0.15, 0.2) is 0 Å². The van der Waals surface area contributed by atoms with Gasteiger partial charge in [-0.15, -0.1) is 0 Å². The van der Waals surface area contributed by atoms with Crippen molar-refractivity contribution in [2.45, 2.75) is 31.9 Å². The molecule has 30 heavy (non-hydrogen) atoms. The number of aliphatic hydroxyl groups is 1. The summed E-state index contributed by atoms with van der Waals surface area (Å²) in [6.45, 7) is 2.15. The molecule has 0 bridgehead atoms. The lowest BCUT2D eigenvalue weighted by molar-refractivity contribution is -0.121. The molecule has 0 radical (unpaired) electrons. The van der Waals surface area contributed by atoms with Crippen LogP contribution in [0.1, 0.15) is 28.2 Å². The fourth-order valence-corrected chi connectivity index (χ4v) is 3.83. The summed E-state index contributed by atoms with van der Waals surface area (Å²) in [6, 6.07) is 8.94. The molecule has 4 N–H and O–H groups in total. The zero-order chi connectivity index (χ0) is 21.3. The van der Waals surface area contributed by atoms with E-state index < -0.39 is 12.1 Å². The molecule has 0 aliphatic carbocycles. The van der Waals surface area contributed by atoms with E-state index in [1.807, 2.05) is 24.3 Å². The van der Waals surface area contributed by atoms with Crippen LogP contribution in [-0.2, 0) is 11.2 Å². The van der Waals surface area contributed by atoms with E-state index >= 15 is 0 Å². The molecule has 0 spiro atoms. The molecule has 3 heterocycles. The number of carbonyl (C=O) groups excluding carboxylic acids is 2. The molecule has 1 fully saturated rings. The van der Waals surface area contributed by atoms with E-state index in [0.717, 1.165) is 10.8 Å². The van der Waals surface area contributed by atoms with E-state index in [1.54, 1.807) is 19.2 Å². The Morgan fingerprint density at radius 1 is 1.23 bits per heavy atom. The summed E-state index contributed by atoms with van der Waals surface area (Å²) in [7, 11) is 0. The van der Waals surface area contributed by atoms with Gasteiger partial charge in [-0.25, -0.2) is 0 Å². The SMILES string of the molecule is Cc1[nH][nH]c(=O)c1CC(=O)N[C@H]1C[C@@H](O)CN(C(=O)c2cc3ccccc3cn2)C1. The number of pyridine rings is 1. The van der Waals surface area contributed by atoms with Crippen LogP contribution in [0.5, 0.6) is 0 Å². The number of nitrogens with zero attached hydrogens (tertiary/aromatic N) is 2. The third-order valence-corrected chi connectivity index (χ3v) is 5.36. The van der Waals surface area contributed by atoms with Gasteiger partial charge in [-0.3, -0.25) is 24.5 Å². The highest BCUT2D eigenvalue weighted by Crippen LogP contribution is 2.18. The van der Waals surface area contributed by atoms with Gasteiger partial charge in [0, 0.05) is 42.0 Å². The maximum absolute atomic E-state index is 13.0. The van der Waals surface area contributed by atoms with E-state index in [0.29, 0.717) is 23.4 Å². The number of carbonyl (C=O) groups is 2. The molecule has 9 heteroatoms. The summed E-state index contributed by atoms with van der Waals surface area (Å²) >= 11 is 0. The number of aromatic amines is 2. The minimum atomic E-state index is -0.758. The maximum Gasteiger partial charge on any atom is 0.272 e. The molecule has 1 aromatic carbocycles. The van der Waals surface area contributed by atoms with Gasteiger partial charge in [-0.1, -0.05) is 24.3 Å². The highest BCUT2D eigenvalue weighted by molar-refractivity contribution is 5.96. The molecular weight excluding hydrogens is 386 g/mol. The fraction of sp³-hybridized carbons (Fsp3) is 0.333. The quantitative estimate of drug-likeness (QED) is 0.498. The Hall–Kier alpha value is -3.46. The summed E-state index contributed by atoms with van der Waals surface area (Å²) in [5, 5.41) is 20.1. The normalized spacial score (nSPS) is 19.1. The molecule has 156 valence electrons. The third-order valence-electron chi connectivity index (χ3n) is 5.36. The number of benzene rings is 1. The molecule has 0 unspecified atom stereocenters. The van der Waals surface area contributed by atoms with Crippen LogP contribution in [-0.4, -0.2) is 62.2 Å². The summed E-state index contributed by atoms with van der Waals surface area (Å²) in [4.78, 5) is 42.9. The average molecular weight is 409 g/mol. The van der Waals surface area contributed by atoms with E-state index in [1.165, 1.54) is 4.90 Å². The molecule has 2 amide bonds. The van der Waals surface area contributed by atoms with Crippen LogP contribution in [0.25, 0.3) is 10.8 Å². The maximum atomic E-state index is 13.0. The monoisotopic (exact) mass is 409 g/mol. The Labute approximate surface area is 172 Å². The molecule has 2 aromatic heterocycles. The van der Waals surface area contributed by atoms with Gasteiger partial charge in [-0.05, 0) is 24.8 Å². The van der Waals surface area contributed by atoms with Gasteiger partial charge in [0.25, 0.3) is 11.5 Å². The van der Waals surface area contributed by atoms with Crippen molar-refractivity contribution in [3.8, 4) is 0 Å². The zero-order valence-electron chi connectivity index (χ0n) is 16.5. The minimum Gasteiger partial charge on any atom is -0.391 e. The molecule has 3 aromatic rings. The van der Waals surface area contributed by atoms with Crippen LogP contribution >= 0.6 is 0 Å². The highest BCUT2D eigenvalue weighted by atomic mass is 16.3. The third kappa shape index (κ3) is 4.11. The van der Waals surface area contributed by atoms with E-state index in [-0.39, 0.29) is 36.9 Å². The Morgan fingerprint density at radius 3 is 2.73 bits per heavy atom. The molecule has 2 atom stereocenters. The molecule has 1 saturated heterocycles. The first-order valence-corrected chi connectivity index (χ1v) is 9.78. The van der Waals surface area contributed by atoms with Crippen LogP contribution in [0.4, 0.5) is 0 Å². The van der Waals surface area contributed by atoms with Crippen LogP contribution in [0, 0.1) is 6.92 Å². The largest absolute Gasteiger partial charge is 0.391 e. The number of hydrogen-bond donors (Lipinski definition) is 4. The van der Waals surface area contributed by atoms with Gasteiger partial charge < -0.3 is 20.4 Å². The number of likely N-dealkylation sites (tertiary alicyclic amines) is 1. The molecule has 9 nitrogen and oxygen atoms in total. The lowest BCUT2D eigenvalue weighted by atomic mass is 10.0. The van der Waals surface area contributed by atoms with Crippen LogP contribution in [0.3, 0.4) is 0 Å². The first kappa shape index (κ1) is 19.8. The minimum absolute atomic E-state index is 0.0720. The standard InChI is InChI=1S/C21H23N5O4/c1-12-17(20(29)25-24-12)8-19(28)23-15-7-16(27)11-26(10-15)21(30)18-6-13-4-2-3-5-14(13)9-22-18/h2-6,9,15-16,27H,7-8,10-11H2,1H3,(H,23,28)(H2,24,25,29)/t15-,16+/m0/s1. The zero-order valence-corrected chi connectivity index (χ0v) is 16.5. The summed E-state index contributed by atoms with van der Waals surface area (Å²) < 4.78 is 0. The second kappa shape index (κ2) is 8.11. The highest BCUT2D eigenvalue weighted by Gasteiger charge is 2.31. The van der Waals surface area contributed by atoms with Crippen molar-refractivity contribution in [2.75, 3.05) is 13.1 Å². The second-order valence-electron chi connectivity index (χ2n) is 7.64. The predicted molar refractivity (Wildman–Crippen MR) is 110 cm³/mol. The number of aromatic nitrogens is 3. The van der Waals surface area contributed by atoms with E-state index in [4.69, 9.17) is 0 Å². The Kier molecular flexibility index (Phi) is 5.37. The average Bonchev–Trinajstić information content (AvgIpc) is 3.04. The lowest BCUT2D eigenvalue weighted by Crippen LogP contribution is -2.54. The van der Waals surface area contributed by atoms with Crippen molar-refractivity contribution in [1.29, 1.82) is 0 Å². The number of hydrogen-bond acceptors (Lipinski definition) is 5. The van der Waals surface area contributed by atoms with Crippen molar-refractivity contribution < 1.29 is 14.7 Å². The first-order valence-electron chi connectivity index (χ1n) is 9.78. The van der Waals surface area contributed by atoms with Gasteiger partial charge in [0.1, 0.15) is 5.69 Å². The van der Waals surface area contributed by atoms with E-state index in [2.05, 4.69) is 20.5 Å². The van der Waals surface area contributed by atoms with E-state index in [9.17, 15) is 19.5 Å². The first-order chi connectivity index (χ1) is 14.4. The summed E-state index contributed by atoms with van der Waals surface area (Å²) in [6.07, 6.45) is 1.16. The van der Waals surface area contributed by atoms with Crippen molar-refractivity contribution in [3.63, 3.8) is 0 Å². The van der Waals surface area contributed by atoms with Crippen LogP contribution in [0.15, 0.2) is 41.3 Å². The van der Waals surface area contributed by atoms with Gasteiger partial charge in [-0.2, -0.15) is 0 Å².